The van der Waals surface area contributed by atoms with E-state index >= 15 is 0 Å². The molecule has 0 fully saturated rings. The Morgan fingerprint density at radius 1 is 1.16 bits per heavy atom. The van der Waals surface area contributed by atoms with Crippen molar-refractivity contribution in [3.63, 3.8) is 0 Å². The lowest BCUT2D eigenvalue weighted by atomic mass is 10.1. The number of halogens is 1. The van der Waals surface area contributed by atoms with E-state index < -0.39 is 0 Å². The fourth-order valence-electron chi connectivity index (χ4n) is 1.75. The van der Waals surface area contributed by atoms with E-state index in [4.69, 9.17) is 16.3 Å². The van der Waals surface area contributed by atoms with Crippen LogP contribution in [0.5, 0.6) is 5.75 Å². The van der Waals surface area contributed by atoms with Crippen molar-refractivity contribution in [1.82, 2.24) is 0 Å². The fraction of sp³-hybridized carbons (Fsp3) is 0.0625. The molecule has 0 N–H and O–H groups in total. The minimum absolute atomic E-state index is 0.364. The standard InChI is InChI=1S/C16H13ClO2/c1-2-12-5-3-4-6-14(12)11-19-16-9-15(17)8-7-13(16)10-18/h2-10H,1,11H2. The predicted molar refractivity (Wildman–Crippen MR) is 77.7 cm³/mol. The van der Waals surface area contributed by atoms with Gasteiger partial charge in [-0.25, -0.2) is 0 Å². The fourth-order valence-corrected chi connectivity index (χ4v) is 1.91. The first-order valence-corrected chi connectivity index (χ1v) is 6.20. The number of benzene rings is 2. The molecular formula is C16H13ClO2. The predicted octanol–water partition coefficient (Wildman–Crippen LogP) is 4.37. The van der Waals surface area contributed by atoms with Crippen LogP contribution in [0.3, 0.4) is 0 Å². The molecule has 0 spiro atoms. The van der Waals surface area contributed by atoms with Gasteiger partial charge in [-0.1, -0.05) is 48.5 Å². The van der Waals surface area contributed by atoms with E-state index in [9.17, 15) is 4.79 Å². The number of rotatable bonds is 5. The van der Waals surface area contributed by atoms with Crippen LogP contribution in [0.25, 0.3) is 6.08 Å². The van der Waals surface area contributed by atoms with Crippen LogP contribution in [0.4, 0.5) is 0 Å². The van der Waals surface area contributed by atoms with Crippen molar-refractivity contribution in [3.8, 4) is 5.75 Å². The molecule has 96 valence electrons. The van der Waals surface area contributed by atoms with Crippen molar-refractivity contribution in [1.29, 1.82) is 0 Å². The molecule has 0 aliphatic carbocycles. The molecule has 0 aliphatic heterocycles. The molecule has 2 aromatic carbocycles. The van der Waals surface area contributed by atoms with Gasteiger partial charge in [-0.15, -0.1) is 0 Å². The lowest BCUT2D eigenvalue weighted by molar-refractivity contribution is 0.111. The molecule has 2 rings (SSSR count). The van der Waals surface area contributed by atoms with Gasteiger partial charge in [-0.2, -0.15) is 0 Å². The first-order chi connectivity index (χ1) is 9.24. The third kappa shape index (κ3) is 3.24. The number of hydrogen-bond donors (Lipinski definition) is 0. The molecule has 2 aromatic rings. The van der Waals surface area contributed by atoms with Gasteiger partial charge in [-0.05, 0) is 29.3 Å². The maximum atomic E-state index is 10.9. The Hall–Kier alpha value is -2.06. The molecule has 0 aromatic heterocycles. The Balaban J connectivity index is 2.20. The highest BCUT2D eigenvalue weighted by atomic mass is 35.5. The number of carbonyl (C=O) groups excluding carboxylic acids is 1. The molecule has 0 bridgehead atoms. The van der Waals surface area contributed by atoms with Crippen LogP contribution in [-0.2, 0) is 6.61 Å². The van der Waals surface area contributed by atoms with Gasteiger partial charge in [0.2, 0.25) is 0 Å². The Morgan fingerprint density at radius 3 is 2.68 bits per heavy atom. The van der Waals surface area contributed by atoms with E-state index in [2.05, 4.69) is 6.58 Å². The molecular weight excluding hydrogens is 260 g/mol. The molecule has 0 aliphatic rings. The average Bonchev–Trinajstić information content (AvgIpc) is 2.45. The van der Waals surface area contributed by atoms with Crippen LogP contribution in [0.15, 0.2) is 49.0 Å². The molecule has 0 heterocycles. The van der Waals surface area contributed by atoms with Crippen LogP contribution in [0, 0.1) is 0 Å². The number of hydrogen-bond acceptors (Lipinski definition) is 2. The third-order valence-electron chi connectivity index (χ3n) is 2.76. The summed E-state index contributed by atoms with van der Waals surface area (Å²) < 4.78 is 5.67. The highest BCUT2D eigenvalue weighted by Gasteiger charge is 2.05. The molecule has 19 heavy (non-hydrogen) atoms. The van der Waals surface area contributed by atoms with Crippen molar-refractivity contribution in [3.05, 3.63) is 70.8 Å². The molecule has 0 saturated heterocycles. The first kappa shape index (κ1) is 13.4. The van der Waals surface area contributed by atoms with E-state index in [1.54, 1.807) is 24.3 Å². The second kappa shape index (κ2) is 6.21. The Bertz CT molecular complexity index is 605. The summed E-state index contributed by atoms with van der Waals surface area (Å²) in [5.41, 5.74) is 2.51. The van der Waals surface area contributed by atoms with Gasteiger partial charge in [0, 0.05) is 5.02 Å². The Kier molecular flexibility index (Phi) is 4.37. The largest absolute Gasteiger partial charge is 0.488 e. The quantitative estimate of drug-likeness (QED) is 0.755. The number of aldehydes is 1. The van der Waals surface area contributed by atoms with Crippen molar-refractivity contribution >= 4 is 24.0 Å². The smallest absolute Gasteiger partial charge is 0.153 e. The van der Waals surface area contributed by atoms with Crippen molar-refractivity contribution < 1.29 is 9.53 Å². The Morgan fingerprint density at radius 2 is 1.95 bits per heavy atom. The normalized spacial score (nSPS) is 9.95. The highest BCUT2D eigenvalue weighted by molar-refractivity contribution is 6.30. The minimum atomic E-state index is 0.364. The summed E-state index contributed by atoms with van der Waals surface area (Å²) in [7, 11) is 0. The van der Waals surface area contributed by atoms with E-state index in [1.807, 2.05) is 24.3 Å². The van der Waals surface area contributed by atoms with Gasteiger partial charge >= 0.3 is 0 Å². The Labute approximate surface area is 117 Å². The summed E-state index contributed by atoms with van der Waals surface area (Å²) >= 11 is 5.90. The molecule has 0 amide bonds. The molecule has 0 atom stereocenters. The summed E-state index contributed by atoms with van der Waals surface area (Å²) in [6.45, 7) is 4.13. The van der Waals surface area contributed by atoms with Crippen molar-refractivity contribution in [2.24, 2.45) is 0 Å². The van der Waals surface area contributed by atoms with Crippen LogP contribution in [0.2, 0.25) is 5.02 Å². The van der Waals surface area contributed by atoms with E-state index in [0.29, 0.717) is 22.9 Å². The second-order valence-electron chi connectivity index (χ2n) is 3.99. The summed E-state index contributed by atoms with van der Waals surface area (Å²) in [4.78, 5) is 10.9. The van der Waals surface area contributed by atoms with Gasteiger partial charge in [0.05, 0.1) is 5.56 Å². The van der Waals surface area contributed by atoms with Crippen molar-refractivity contribution in [2.45, 2.75) is 6.61 Å². The first-order valence-electron chi connectivity index (χ1n) is 5.82. The SMILES string of the molecule is C=Cc1ccccc1COc1cc(Cl)ccc1C=O. The number of carbonyl (C=O) groups is 1. The molecule has 0 saturated carbocycles. The highest BCUT2D eigenvalue weighted by Crippen LogP contribution is 2.23. The van der Waals surface area contributed by atoms with Crippen LogP contribution >= 0.6 is 11.6 Å². The van der Waals surface area contributed by atoms with Gasteiger partial charge < -0.3 is 4.74 Å². The summed E-state index contributed by atoms with van der Waals surface area (Å²) in [6.07, 6.45) is 2.53. The van der Waals surface area contributed by atoms with E-state index in [1.165, 1.54) is 0 Å². The molecule has 2 nitrogen and oxygen atoms in total. The number of ether oxygens (including phenoxy) is 1. The van der Waals surface area contributed by atoms with Gasteiger partial charge in [0.15, 0.2) is 6.29 Å². The van der Waals surface area contributed by atoms with Gasteiger partial charge in [-0.3, -0.25) is 4.79 Å². The third-order valence-corrected chi connectivity index (χ3v) is 3.00. The zero-order chi connectivity index (χ0) is 13.7. The molecule has 0 unspecified atom stereocenters. The second-order valence-corrected chi connectivity index (χ2v) is 4.43. The molecule has 3 heteroatoms. The zero-order valence-electron chi connectivity index (χ0n) is 10.3. The van der Waals surface area contributed by atoms with Gasteiger partial charge in [0.25, 0.3) is 0 Å². The lowest BCUT2D eigenvalue weighted by Gasteiger charge is -2.10. The van der Waals surface area contributed by atoms with Gasteiger partial charge in [0.1, 0.15) is 12.4 Å². The maximum Gasteiger partial charge on any atom is 0.153 e. The van der Waals surface area contributed by atoms with Crippen LogP contribution < -0.4 is 4.74 Å². The monoisotopic (exact) mass is 272 g/mol. The van der Waals surface area contributed by atoms with E-state index in [-0.39, 0.29) is 0 Å². The van der Waals surface area contributed by atoms with Crippen LogP contribution in [0.1, 0.15) is 21.5 Å². The van der Waals surface area contributed by atoms with Crippen LogP contribution in [-0.4, -0.2) is 6.29 Å². The summed E-state index contributed by atoms with van der Waals surface area (Å²) in [6, 6.07) is 12.7. The molecule has 0 radical (unpaired) electrons. The van der Waals surface area contributed by atoms with Crippen molar-refractivity contribution in [2.75, 3.05) is 0 Å². The average molecular weight is 273 g/mol. The summed E-state index contributed by atoms with van der Waals surface area (Å²) in [5.74, 6) is 0.487. The zero-order valence-corrected chi connectivity index (χ0v) is 11.1. The lowest BCUT2D eigenvalue weighted by Crippen LogP contribution is -2.00. The maximum absolute atomic E-state index is 10.9. The topological polar surface area (TPSA) is 26.3 Å². The summed E-state index contributed by atoms with van der Waals surface area (Å²) in [5, 5.41) is 0.539. The van der Waals surface area contributed by atoms with E-state index in [0.717, 1.165) is 17.4 Å². The minimum Gasteiger partial charge on any atom is -0.488 e.